The first kappa shape index (κ1) is 34.3. The molecule has 1 atom stereocenters. The lowest BCUT2D eigenvalue weighted by Crippen LogP contribution is -2.40. The summed E-state index contributed by atoms with van der Waals surface area (Å²) in [6.45, 7) is 0.560. The highest BCUT2D eigenvalue weighted by Crippen LogP contribution is 2.48. The third-order valence-corrected chi connectivity index (χ3v) is 7.90. The highest BCUT2D eigenvalue weighted by Gasteiger charge is 2.45. The van der Waals surface area contributed by atoms with E-state index in [1.165, 1.54) is 29.7 Å². The maximum Gasteiger partial charge on any atom is 0.422 e. The summed E-state index contributed by atoms with van der Waals surface area (Å²) in [5, 5.41) is 16.3. The summed E-state index contributed by atoms with van der Waals surface area (Å²) >= 11 is 7.20. The van der Waals surface area contributed by atoms with E-state index in [0.717, 1.165) is 18.4 Å². The third kappa shape index (κ3) is 9.74. The van der Waals surface area contributed by atoms with Crippen molar-refractivity contribution in [2.75, 3.05) is 35.6 Å². The average molecular weight is 704 g/mol. The Hall–Kier alpha value is -5.03. The van der Waals surface area contributed by atoms with Gasteiger partial charge in [0.15, 0.2) is 11.7 Å². The van der Waals surface area contributed by atoms with Gasteiger partial charge in [-0.05, 0) is 60.7 Å². The summed E-state index contributed by atoms with van der Waals surface area (Å²) in [6, 6.07) is 12.9. The second-order valence-corrected chi connectivity index (χ2v) is 12.2. The Morgan fingerprint density at radius 1 is 0.958 bits per heavy atom. The largest absolute Gasteiger partial charge is 0.454 e. The van der Waals surface area contributed by atoms with Gasteiger partial charge in [-0.3, -0.25) is 19.7 Å². The van der Waals surface area contributed by atoms with Gasteiger partial charge in [-0.25, -0.2) is 4.98 Å². The zero-order valence-electron chi connectivity index (χ0n) is 25.2. The van der Waals surface area contributed by atoms with E-state index in [0.29, 0.717) is 21.4 Å². The molecule has 252 valence electrons. The number of aromatic nitrogens is 4. The van der Waals surface area contributed by atoms with Gasteiger partial charge in [0.2, 0.25) is 11.9 Å². The first-order chi connectivity index (χ1) is 22.9. The van der Waals surface area contributed by atoms with E-state index < -0.39 is 36.1 Å². The van der Waals surface area contributed by atoms with E-state index in [-0.39, 0.29) is 36.8 Å². The zero-order valence-corrected chi connectivity index (χ0v) is 26.8. The number of nitrogens with zero attached hydrogens (tertiary/aromatic N) is 4. The first-order valence-electron chi connectivity index (χ1n) is 14.5. The van der Waals surface area contributed by atoms with Crippen molar-refractivity contribution < 1.29 is 32.3 Å². The van der Waals surface area contributed by atoms with E-state index in [1.807, 2.05) is 12.1 Å². The highest BCUT2D eigenvalue weighted by atomic mass is 35.5. The smallest absolute Gasteiger partial charge is 0.422 e. The molecular weight excluding hydrogens is 675 g/mol. The van der Waals surface area contributed by atoms with Gasteiger partial charge >= 0.3 is 24.0 Å². The van der Waals surface area contributed by atoms with Crippen LogP contribution in [0.5, 0.6) is 6.01 Å². The monoisotopic (exact) mass is 703 g/mol. The van der Waals surface area contributed by atoms with Crippen molar-refractivity contribution >= 4 is 63.4 Å². The molecule has 1 fully saturated rings. The number of benzene rings is 2. The van der Waals surface area contributed by atoms with Gasteiger partial charge in [-0.2, -0.15) is 28.1 Å². The molecule has 3 amide bonds. The van der Waals surface area contributed by atoms with Crippen LogP contribution in [0.25, 0.3) is 0 Å². The number of anilines is 4. The molecule has 48 heavy (non-hydrogen) atoms. The summed E-state index contributed by atoms with van der Waals surface area (Å²) in [5.41, 5.74) is 1.17. The quantitative estimate of drug-likeness (QED) is 0.121. The number of ether oxygens (including phenoxy) is 1. The lowest BCUT2D eigenvalue weighted by molar-refractivity contribution is -0.154. The van der Waals surface area contributed by atoms with Crippen LogP contribution >= 0.6 is 22.9 Å². The molecule has 2 aromatic carbocycles. The summed E-state index contributed by atoms with van der Waals surface area (Å²) in [5.74, 6) is -2.30. The number of hydrogen-bond donors (Lipinski definition) is 5. The first-order valence-corrected chi connectivity index (χ1v) is 15.8. The molecule has 5 rings (SSSR count). The lowest BCUT2D eigenvalue weighted by Gasteiger charge is -2.19. The van der Waals surface area contributed by atoms with E-state index in [1.54, 1.807) is 36.6 Å². The van der Waals surface area contributed by atoms with Crippen LogP contribution in [0.4, 0.5) is 35.9 Å². The fourth-order valence-electron chi connectivity index (χ4n) is 4.33. The molecule has 18 heteroatoms. The Morgan fingerprint density at radius 3 is 2.29 bits per heavy atom. The molecule has 0 bridgehead atoms. The van der Waals surface area contributed by atoms with Crippen LogP contribution in [0.15, 0.2) is 60.1 Å². The van der Waals surface area contributed by atoms with Gasteiger partial charge in [-0.15, -0.1) is 11.3 Å². The van der Waals surface area contributed by atoms with E-state index >= 15 is 0 Å². The number of thiazole rings is 1. The van der Waals surface area contributed by atoms with Crippen molar-refractivity contribution in [3.8, 4) is 6.01 Å². The Balaban J connectivity index is 1.17. The minimum atomic E-state index is -4.60. The van der Waals surface area contributed by atoms with Gasteiger partial charge in [0.1, 0.15) is 0 Å². The number of hydrogen-bond acceptors (Lipinski definition) is 11. The predicted molar refractivity (Wildman–Crippen MR) is 172 cm³/mol. The van der Waals surface area contributed by atoms with E-state index in [9.17, 15) is 27.6 Å². The molecular formula is C30H29ClF3N9O4S. The van der Waals surface area contributed by atoms with Crippen molar-refractivity contribution in [2.24, 2.45) is 5.92 Å². The maximum atomic E-state index is 12.9. The Bertz CT molecular complexity index is 1740. The fourth-order valence-corrected chi connectivity index (χ4v) is 4.98. The van der Waals surface area contributed by atoms with Gasteiger partial charge in [0.25, 0.3) is 5.91 Å². The van der Waals surface area contributed by atoms with Crippen molar-refractivity contribution in [2.45, 2.75) is 31.5 Å². The highest BCUT2D eigenvalue weighted by molar-refractivity contribution is 7.13. The maximum absolute atomic E-state index is 12.9. The SMILES string of the molecule is CC(CNC(=O)C(=O)Nc1nccs1)CNC(=O)c1ccc(Nc2nc(NC3(c4ccc(Cl)cc4)CC3)nc(OCC(F)(F)F)n2)cc1. The zero-order chi connectivity index (χ0) is 34.3. The van der Waals surface area contributed by atoms with Crippen LogP contribution in [0.2, 0.25) is 5.02 Å². The lowest BCUT2D eigenvalue weighted by atomic mass is 10.1. The minimum absolute atomic E-state index is 0.0126. The molecule has 2 heterocycles. The summed E-state index contributed by atoms with van der Waals surface area (Å²) in [7, 11) is 0. The Kier molecular flexibility index (Phi) is 10.6. The van der Waals surface area contributed by atoms with E-state index in [2.05, 4.69) is 46.5 Å². The Labute approximate surface area is 281 Å². The van der Waals surface area contributed by atoms with Crippen molar-refractivity contribution in [1.82, 2.24) is 30.6 Å². The van der Waals surface area contributed by atoms with Crippen LogP contribution < -0.4 is 31.3 Å². The second kappa shape index (κ2) is 14.8. The standard InChI is InChI=1S/C30H29ClF3N9O4S/c1-17(15-37-23(45)24(46)39-28-35-12-13-48-28)14-36-22(44)18-2-8-21(9-3-18)38-25-40-26(42-27(41-25)47-16-30(32,33)34)43-29(10-11-29)19-4-6-20(31)7-5-19/h2-9,12-13,17H,10-11,14-16H2,1H3,(H,36,44)(H,37,45)(H,35,39,46)(H2,38,40,41,42,43). The van der Waals surface area contributed by atoms with Gasteiger partial charge < -0.3 is 26.0 Å². The number of carbonyl (C=O) groups is 3. The third-order valence-electron chi connectivity index (χ3n) is 6.96. The number of rotatable bonds is 13. The molecule has 1 aliphatic rings. The number of amides is 3. The van der Waals surface area contributed by atoms with Gasteiger partial charge in [-0.1, -0.05) is 30.7 Å². The molecule has 5 N–H and O–H groups in total. The number of alkyl halides is 3. The summed E-state index contributed by atoms with van der Waals surface area (Å²) in [6.07, 6.45) is -1.62. The van der Waals surface area contributed by atoms with E-state index in [4.69, 9.17) is 16.3 Å². The fraction of sp³-hybridized carbons (Fsp3) is 0.300. The molecule has 0 saturated heterocycles. The van der Waals surface area contributed by atoms with Crippen LogP contribution in [-0.2, 0) is 15.1 Å². The molecule has 0 aliphatic heterocycles. The van der Waals surface area contributed by atoms with Gasteiger partial charge in [0.05, 0.1) is 5.54 Å². The second-order valence-electron chi connectivity index (χ2n) is 10.9. The summed E-state index contributed by atoms with van der Waals surface area (Å²) < 4.78 is 43.5. The Morgan fingerprint density at radius 2 is 1.65 bits per heavy atom. The number of nitrogens with one attached hydrogen (secondary N) is 5. The van der Waals surface area contributed by atoms with Crippen LogP contribution in [0.3, 0.4) is 0 Å². The topological polar surface area (TPSA) is 172 Å². The molecule has 1 aliphatic carbocycles. The van der Waals surface area contributed by atoms with Crippen molar-refractivity contribution in [3.63, 3.8) is 0 Å². The molecule has 0 spiro atoms. The molecule has 13 nitrogen and oxygen atoms in total. The van der Waals surface area contributed by atoms with Crippen LogP contribution in [-0.4, -0.2) is 63.5 Å². The molecule has 4 aromatic rings. The molecule has 1 saturated carbocycles. The summed E-state index contributed by atoms with van der Waals surface area (Å²) in [4.78, 5) is 52.9. The predicted octanol–water partition coefficient (Wildman–Crippen LogP) is 4.89. The average Bonchev–Trinajstić information content (AvgIpc) is 3.64. The van der Waals surface area contributed by atoms with Crippen LogP contribution in [0, 0.1) is 5.92 Å². The van der Waals surface area contributed by atoms with Crippen molar-refractivity contribution in [1.29, 1.82) is 0 Å². The minimum Gasteiger partial charge on any atom is -0.454 e. The molecule has 0 radical (unpaired) electrons. The van der Waals surface area contributed by atoms with Gasteiger partial charge in [0, 0.05) is 40.9 Å². The molecule has 1 unspecified atom stereocenters. The molecule has 2 aromatic heterocycles. The normalized spacial score (nSPS) is 13.9. The number of carbonyl (C=O) groups excluding carboxylic acids is 3. The number of halogens is 4. The van der Waals surface area contributed by atoms with Crippen molar-refractivity contribution in [3.05, 3.63) is 76.3 Å². The van der Waals surface area contributed by atoms with Crippen LogP contribution in [0.1, 0.15) is 35.7 Å².